The van der Waals surface area contributed by atoms with Crippen molar-refractivity contribution < 1.29 is 14.6 Å². The first-order valence-corrected chi connectivity index (χ1v) is 6.77. The van der Waals surface area contributed by atoms with Crippen LogP contribution < -0.4 is 5.73 Å². The molecule has 0 spiro atoms. The molecule has 1 aromatic carbocycles. The van der Waals surface area contributed by atoms with Crippen molar-refractivity contribution in [2.75, 3.05) is 0 Å². The number of nitro groups is 1. The molecule has 0 amide bonds. The summed E-state index contributed by atoms with van der Waals surface area (Å²) >= 11 is 6.98. The zero-order valence-corrected chi connectivity index (χ0v) is 11.9. The molecule has 0 saturated carbocycles. The maximum atomic E-state index is 11.8. The van der Waals surface area contributed by atoms with Crippen LogP contribution >= 0.6 is 22.9 Å². The lowest BCUT2D eigenvalue weighted by Gasteiger charge is -2.01. The Kier molecular flexibility index (Phi) is 4.51. The van der Waals surface area contributed by atoms with Gasteiger partial charge in [0.2, 0.25) is 0 Å². The number of thiophene rings is 1. The molecular weight excluding hydrogens is 318 g/mol. The van der Waals surface area contributed by atoms with Gasteiger partial charge in [-0.2, -0.15) is 0 Å². The molecule has 9 heteroatoms. The monoisotopic (exact) mass is 325 g/mol. The maximum absolute atomic E-state index is 11.8. The Labute approximate surface area is 127 Å². The molecule has 7 nitrogen and oxygen atoms in total. The largest absolute Gasteiger partial charge is 0.380 e. The van der Waals surface area contributed by atoms with E-state index in [1.165, 1.54) is 23.5 Å². The molecular formula is C12H8ClN3O4S. The van der Waals surface area contributed by atoms with Crippen LogP contribution in [-0.2, 0) is 4.84 Å². The molecule has 21 heavy (non-hydrogen) atoms. The molecule has 0 atom stereocenters. The van der Waals surface area contributed by atoms with Gasteiger partial charge in [0.05, 0.1) is 15.4 Å². The van der Waals surface area contributed by atoms with Crippen LogP contribution in [0.15, 0.2) is 40.9 Å². The standard InChI is InChI=1S/C12H8ClN3O4S/c13-8-4-3-7(6-9(8)16(18)19)12(17)20-15-11(14)10-2-1-5-21-10/h1-6H,(H2,14,15). The van der Waals surface area contributed by atoms with E-state index in [1.807, 2.05) is 0 Å². The summed E-state index contributed by atoms with van der Waals surface area (Å²) in [4.78, 5) is 27.1. The molecule has 0 aliphatic heterocycles. The van der Waals surface area contributed by atoms with Crippen LogP contribution in [0.5, 0.6) is 0 Å². The van der Waals surface area contributed by atoms with Crippen molar-refractivity contribution in [2.45, 2.75) is 0 Å². The fourth-order valence-corrected chi connectivity index (χ4v) is 2.20. The smallest absolute Gasteiger partial charge is 0.366 e. The lowest BCUT2D eigenvalue weighted by atomic mass is 10.2. The first-order chi connectivity index (χ1) is 9.99. The fourth-order valence-electron chi connectivity index (χ4n) is 1.39. The number of nitro benzene ring substituents is 1. The molecule has 0 fully saturated rings. The van der Waals surface area contributed by atoms with E-state index in [4.69, 9.17) is 17.3 Å². The Balaban J connectivity index is 2.16. The lowest BCUT2D eigenvalue weighted by molar-refractivity contribution is -0.384. The molecule has 0 radical (unpaired) electrons. The van der Waals surface area contributed by atoms with E-state index in [-0.39, 0.29) is 22.1 Å². The Morgan fingerprint density at radius 1 is 1.43 bits per heavy atom. The van der Waals surface area contributed by atoms with Gasteiger partial charge in [0.15, 0.2) is 5.84 Å². The SMILES string of the molecule is N/C(=N\OC(=O)c1ccc(Cl)c([N+](=O)[O-])c1)c1cccs1. The van der Waals surface area contributed by atoms with Crippen molar-refractivity contribution in [3.05, 3.63) is 61.3 Å². The highest BCUT2D eigenvalue weighted by atomic mass is 35.5. The summed E-state index contributed by atoms with van der Waals surface area (Å²) in [5.41, 5.74) is 5.19. The summed E-state index contributed by atoms with van der Waals surface area (Å²) in [5, 5.41) is 16.0. The molecule has 2 N–H and O–H groups in total. The number of oxime groups is 1. The van der Waals surface area contributed by atoms with Crippen LogP contribution in [0, 0.1) is 10.1 Å². The molecule has 0 aliphatic rings. The Bertz CT molecular complexity index is 715. The van der Waals surface area contributed by atoms with Crippen LogP contribution in [0.2, 0.25) is 5.02 Å². The van der Waals surface area contributed by atoms with Crippen molar-refractivity contribution in [2.24, 2.45) is 10.9 Å². The second-order valence-corrected chi connectivity index (χ2v) is 5.11. The highest BCUT2D eigenvalue weighted by Crippen LogP contribution is 2.25. The zero-order valence-electron chi connectivity index (χ0n) is 10.4. The predicted octanol–water partition coefficient (Wildman–Crippen LogP) is 2.79. The summed E-state index contributed by atoms with van der Waals surface area (Å²) in [6.45, 7) is 0. The molecule has 0 aliphatic carbocycles. The summed E-state index contributed by atoms with van der Waals surface area (Å²) in [6.07, 6.45) is 0. The van der Waals surface area contributed by atoms with Gasteiger partial charge in [0.25, 0.3) is 5.69 Å². The highest BCUT2D eigenvalue weighted by Gasteiger charge is 2.17. The second-order valence-electron chi connectivity index (χ2n) is 3.76. The number of amidine groups is 1. The topological polar surface area (TPSA) is 108 Å². The molecule has 0 unspecified atom stereocenters. The second kappa shape index (κ2) is 6.33. The third kappa shape index (κ3) is 3.56. The summed E-state index contributed by atoms with van der Waals surface area (Å²) in [6, 6.07) is 7.04. The van der Waals surface area contributed by atoms with Crippen LogP contribution in [0.3, 0.4) is 0 Å². The minimum absolute atomic E-state index is 0.0433. The van der Waals surface area contributed by atoms with Gasteiger partial charge in [-0.25, -0.2) is 4.79 Å². The molecule has 108 valence electrons. The highest BCUT2D eigenvalue weighted by molar-refractivity contribution is 7.12. The van der Waals surface area contributed by atoms with Crippen LogP contribution in [-0.4, -0.2) is 16.7 Å². The number of carbonyl (C=O) groups is 1. The Hall–Kier alpha value is -2.45. The number of carbonyl (C=O) groups excluding carboxylic acids is 1. The van der Waals surface area contributed by atoms with Crippen molar-refractivity contribution in [3.8, 4) is 0 Å². The number of nitrogens with zero attached hydrogens (tertiary/aromatic N) is 2. The number of rotatable bonds is 4. The quantitative estimate of drug-likeness (QED) is 0.306. The summed E-state index contributed by atoms with van der Waals surface area (Å²) < 4.78 is 0. The first kappa shape index (κ1) is 14.9. The van der Waals surface area contributed by atoms with Gasteiger partial charge in [-0.05, 0) is 23.6 Å². The molecule has 1 heterocycles. The third-order valence-corrected chi connectivity index (χ3v) is 3.59. The zero-order chi connectivity index (χ0) is 15.4. The number of hydrogen-bond acceptors (Lipinski definition) is 6. The van der Waals surface area contributed by atoms with Crippen LogP contribution in [0.4, 0.5) is 5.69 Å². The number of hydrogen-bond donors (Lipinski definition) is 1. The Morgan fingerprint density at radius 2 is 2.19 bits per heavy atom. The van der Waals surface area contributed by atoms with Crippen molar-refractivity contribution in [1.82, 2.24) is 0 Å². The fraction of sp³-hybridized carbons (Fsp3) is 0. The van der Waals surface area contributed by atoms with Gasteiger partial charge in [-0.3, -0.25) is 10.1 Å². The average Bonchev–Trinajstić information content (AvgIpc) is 2.98. The molecule has 2 aromatic rings. The van der Waals surface area contributed by atoms with Crippen LogP contribution in [0.25, 0.3) is 0 Å². The average molecular weight is 326 g/mol. The molecule has 1 aromatic heterocycles. The maximum Gasteiger partial charge on any atom is 0.366 e. The van der Waals surface area contributed by atoms with Crippen molar-refractivity contribution in [3.63, 3.8) is 0 Å². The van der Waals surface area contributed by atoms with Crippen molar-refractivity contribution >= 4 is 40.4 Å². The molecule has 2 rings (SSSR count). The number of halogens is 1. The van der Waals surface area contributed by atoms with E-state index in [1.54, 1.807) is 17.5 Å². The third-order valence-electron chi connectivity index (χ3n) is 2.38. The van der Waals surface area contributed by atoms with Gasteiger partial charge < -0.3 is 10.6 Å². The minimum Gasteiger partial charge on any atom is -0.380 e. The number of nitrogens with two attached hydrogens (primary N) is 1. The predicted molar refractivity (Wildman–Crippen MR) is 78.6 cm³/mol. The minimum atomic E-state index is -0.866. The van der Waals surface area contributed by atoms with E-state index in [0.717, 1.165) is 6.07 Å². The summed E-state index contributed by atoms with van der Waals surface area (Å²) in [5.74, 6) is -0.823. The van der Waals surface area contributed by atoms with Gasteiger partial charge in [-0.1, -0.05) is 22.8 Å². The van der Waals surface area contributed by atoms with Crippen LogP contribution in [0.1, 0.15) is 15.2 Å². The van der Waals surface area contributed by atoms with E-state index in [9.17, 15) is 14.9 Å². The van der Waals surface area contributed by atoms with Gasteiger partial charge in [-0.15, -0.1) is 11.3 Å². The normalized spacial score (nSPS) is 11.2. The lowest BCUT2D eigenvalue weighted by Crippen LogP contribution is -2.13. The van der Waals surface area contributed by atoms with Gasteiger partial charge >= 0.3 is 5.97 Å². The van der Waals surface area contributed by atoms with E-state index >= 15 is 0 Å². The van der Waals surface area contributed by atoms with E-state index in [2.05, 4.69) is 9.99 Å². The van der Waals surface area contributed by atoms with Crippen molar-refractivity contribution in [1.29, 1.82) is 0 Å². The van der Waals surface area contributed by atoms with Gasteiger partial charge in [0.1, 0.15) is 5.02 Å². The number of benzene rings is 1. The first-order valence-electron chi connectivity index (χ1n) is 5.51. The Morgan fingerprint density at radius 3 is 2.81 bits per heavy atom. The van der Waals surface area contributed by atoms with E-state index in [0.29, 0.717) is 4.88 Å². The summed E-state index contributed by atoms with van der Waals surface area (Å²) in [7, 11) is 0. The van der Waals surface area contributed by atoms with Gasteiger partial charge in [0, 0.05) is 6.07 Å². The van der Waals surface area contributed by atoms with E-state index < -0.39 is 10.9 Å². The molecule has 0 saturated heterocycles. The molecule has 0 bridgehead atoms.